The van der Waals surface area contributed by atoms with Gasteiger partial charge in [-0.15, -0.1) is 11.3 Å². The molecule has 144 valence electrons. The lowest BCUT2D eigenvalue weighted by Crippen LogP contribution is -1.99. The van der Waals surface area contributed by atoms with E-state index in [2.05, 4.69) is 45.0 Å². The van der Waals surface area contributed by atoms with Crippen molar-refractivity contribution in [2.75, 3.05) is 0 Å². The van der Waals surface area contributed by atoms with Crippen LogP contribution in [0.4, 0.5) is 0 Å². The van der Waals surface area contributed by atoms with Gasteiger partial charge in [0, 0.05) is 10.4 Å². The molecule has 3 rings (SSSR count). The van der Waals surface area contributed by atoms with E-state index in [0.717, 1.165) is 57.4 Å². The summed E-state index contributed by atoms with van der Waals surface area (Å²) >= 11 is 1.30. The molecule has 0 aliphatic carbocycles. The molecular formula is C24H24O3S. The van der Waals surface area contributed by atoms with E-state index >= 15 is 0 Å². The lowest BCUT2D eigenvalue weighted by Gasteiger charge is -2.17. The molecule has 1 N–H and O–H groups in total. The Morgan fingerprint density at radius 2 is 1.61 bits per heavy atom. The van der Waals surface area contributed by atoms with Crippen molar-refractivity contribution >= 4 is 23.6 Å². The summed E-state index contributed by atoms with van der Waals surface area (Å²) in [5, 5.41) is 9.20. The van der Waals surface area contributed by atoms with Gasteiger partial charge >= 0.3 is 5.97 Å². The summed E-state index contributed by atoms with van der Waals surface area (Å²) in [4.78, 5) is 24.0. The van der Waals surface area contributed by atoms with E-state index in [4.69, 9.17) is 0 Å². The normalized spacial score (nSPS) is 10.9. The van der Waals surface area contributed by atoms with Crippen LogP contribution in [0.25, 0.3) is 21.6 Å². The Hall–Kier alpha value is -2.72. The summed E-state index contributed by atoms with van der Waals surface area (Å²) in [6.07, 6.45) is 2.64. The van der Waals surface area contributed by atoms with Crippen molar-refractivity contribution in [2.24, 2.45) is 0 Å². The number of hydrogen-bond acceptors (Lipinski definition) is 3. The molecule has 0 aliphatic heterocycles. The molecule has 1 aromatic heterocycles. The fourth-order valence-corrected chi connectivity index (χ4v) is 4.61. The third kappa shape index (κ3) is 3.65. The van der Waals surface area contributed by atoms with Gasteiger partial charge in [0.05, 0.1) is 0 Å². The molecule has 0 saturated heterocycles. The predicted molar refractivity (Wildman–Crippen MR) is 116 cm³/mol. The van der Waals surface area contributed by atoms with Crippen molar-refractivity contribution in [2.45, 2.75) is 40.5 Å². The lowest BCUT2D eigenvalue weighted by molar-refractivity contribution is 0.0702. The predicted octanol–water partition coefficient (Wildman–Crippen LogP) is 6.33. The third-order valence-electron chi connectivity index (χ3n) is 5.16. The molecule has 0 amide bonds. The zero-order valence-corrected chi connectivity index (χ0v) is 17.4. The molecule has 0 aliphatic rings. The fourth-order valence-electron chi connectivity index (χ4n) is 3.78. The second-order valence-electron chi connectivity index (χ2n) is 6.99. The number of carbonyl (C=O) groups is 2. The van der Waals surface area contributed by atoms with E-state index < -0.39 is 5.97 Å². The molecule has 0 unspecified atom stereocenters. The van der Waals surface area contributed by atoms with Crippen LogP contribution < -0.4 is 0 Å². The minimum Gasteiger partial charge on any atom is -0.477 e. The standard InChI is InChI=1S/C24H24O3S/c1-5-16-11-19(9-14(3)20(16)13-25)23-15(4)10-18(12-17(23)6-2)21-7-8-22(28-21)24(26)27/h7-13H,5-6H2,1-4H3,(H,26,27). The molecule has 4 heteroatoms. The van der Waals surface area contributed by atoms with Crippen molar-refractivity contribution in [1.29, 1.82) is 0 Å². The highest BCUT2D eigenvalue weighted by atomic mass is 32.1. The number of carboxylic acids is 1. The van der Waals surface area contributed by atoms with Crippen molar-refractivity contribution in [3.05, 3.63) is 69.1 Å². The highest BCUT2D eigenvalue weighted by molar-refractivity contribution is 7.17. The largest absolute Gasteiger partial charge is 0.477 e. The summed E-state index contributed by atoms with van der Waals surface area (Å²) < 4.78 is 0. The summed E-state index contributed by atoms with van der Waals surface area (Å²) in [5.74, 6) is -0.891. The van der Waals surface area contributed by atoms with E-state index in [9.17, 15) is 14.7 Å². The van der Waals surface area contributed by atoms with E-state index in [1.54, 1.807) is 6.07 Å². The molecule has 0 fully saturated rings. The Balaban J connectivity index is 2.16. The molecule has 0 spiro atoms. The smallest absolute Gasteiger partial charge is 0.345 e. The first-order valence-corrected chi connectivity index (χ1v) is 10.3. The number of carboxylic acid groups (broad SMARTS) is 1. The van der Waals surface area contributed by atoms with Crippen LogP contribution >= 0.6 is 11.3 Å². The van der Waals surface area contributed by atoms with Gasteiger partial charge in [-0.3, -0.25) is 4.79 Å². The number of hydrogen-bond donors (Lipinski definition) is 1. The number of thiophene rings is 1. The second kappa shape index (κ2) is 8.11. The zero-order chi connectivity index (χ0) is 20.4. The first kappa shape index (κ1) is 20.0. The Kier molecular flexibility index (Phi) is 5.80. The maximum atomic E-state index is 11.5. The molecule has 28 heavy (non-hydrogen) atoms. The van der Waals surface area contributed by atoms with Crippen molar-refractivity contribution in [1.82, 2.24) is 0 Å². The number of rotatable bonds is 6. The Labute approximate surface area is 169 Å². The maximum absolute atomic E-state index is 11.5. The molecule has 1 heterocycles. The van der Waals surface area contributed by atoms with Gasteiger partial charge in [0.2, 0.25) is 0 Å². The minimum absolute atomic E-state index is 0.349. The van der Waals surface area contributed by atoms with Gasteiger partial charge in [-0.2, -0.15) is 0 Å². The number of aldehydes is 1. The van der Waals surface area contributed by atoms with Crippen LogP contribution in [-0.4, -0.2) is 17.4 Å². The third-order valence-corrected chi connectivity index (χ3v) is 6.28. The van der Waals surface area contributed by atoms with Crippen LogP contribution in [0.15, 0.2) is 36.4 Å². The Bertz CT molecular complexity index is 1060. The van der Waals surface area contributed by atoms with Gasteiger partial charge in [0.25, 0.3) is 0 Å². The molecule has 0 atom stereocenters. The van der Waals surface area contributed by atoms with E-state index in [1.807, 2.05) is 13.0 Å². The lowest BCUT2D eigenvalue weighted by atomic mass is 9.88. The van der Waals surface area contributed by atoms with Crippen LogP contribution in [0, 0.1) is 13.8 Å². The average Bonchev–Trinajstić information content (AvgIpc) is 3.17. The molecule has 0 saturated carbocycles. The van der Waals surface area contributed by atoms with Crippen LogP contribution in [0.2, 0.25) is 0 Å². The van der Waals surface area contributed by atoms with Gasteiger partial charge in [-0.25, -0.2) is 4.79 Å². The number of aryl methyl sites for hydroxylation is 4. The van der Waals surface area contributed by atoms with E-state index in [-0.39, 0.29) is 0 Å². The zero-order valence-electron chi connectivity index (χ0n) is 16.6. The van der Waals surface area contributed by atoms with Crippen LogP contribution in [0.3, 0.4) is 0 Å². The van der Waals surface area contributed by atoms with Gasteiger partial charge in [0.15, 0.2) is 6.29 Å². The molecule has 3 nitrogen and oxygen atoms in total. The number of carbonyl (C=O) groups excluding carboxylic acids is 1. The van der Waals surface area contributed by atoms with Crippen LogP contribution in [0.1, 0.15) is 56.1 Å². The molecule has 2 aromatic carbocycles. The van der Waals surface area contributed by atoms with Crippen molar-refractivity contribution < 1.29 is 14.7 Å². The topological polar surface area (TPSA) is 54.4 Å². The molecule has 0 radical (unpaired) electrons. The summed E-state index contributed by atoms with van der Waals surface area (Å²) in [5.41, 5.74) is 8.63. The van der Waals surface area contributed by atoms with Gasteiger partial charge in [-0.05, 0) is 89.9 Å². The summed E-state index contributed by atoms with van der Waals surface area (Å²) in [7, 11) is 0. The summed E-state index contributed by atoms with van der Waals surface area (Å²) in [6, 6.07) is 12.0. The second-order valence-corrected chi connectivity index (χ2v) is 8.07. The first-order valence-electron chi connectivity index (χ1n) is 9.45. The Morgan fingerprint density at radius 1 is 0.964 bits per heavy atom. The fraction of sp³-hybridized carbons (Fsp3) is 0.250. The van der Waals surface area contributed by atoms with Gasteiger partial charge < -0.3 is 5.11 Å². The van der Waals surface area contributed by atoms with Gasteiger partial charge in [0.1, 0.15) is 4.88 Å². The first-order chi connectivity index (χ1) is 13.4. The van der Waals surface area contributed by atoms with E-state index in [1.165, 1.54) is 22.5 Å². The Morgan fingerprint density at radius 3 is 2.18 bits per heavy atom. The van der Waals surface area contributed by atoms with Crippen molar-refractivity contribution in [3.8, 4) is 21.6 Å². The monoisotopic (exact) mass is 392 g/mol. The van der Waals surface area contributed by atoms with Crippen LogP contribution in [-0.2, 0) is 12.8 Å². The number of aromatic carboxylic acids is 1. The van der Waals surface area contributed by atoms with Gasteiger partial charge in [-0.1, -0.05) is 26.0 Å². The van der Waals surface area contributed by atoms with Crippen molar-refractivity contribution in [3.63, 3.8) is 0 Å². The molecular weight excluding hydrogens is 368 g/mol. The highest BCUT2D eigenvalue weighted by Crippen LogP contribution is 2.36. The maximum Gasteiger partial charge on any atom is 0.345 e. The molecule has 3 aromatic rings. The summed E-state index contributed by atoms with van der Waals surface area (Å²) in [6.45, 7) is 8.28. The SMILES string of the molecule is CCc1cc(-c2c(C)cc(-c3ccc(C(=O)O)s3)cc2CC)cc(C)c1C=O. The average molecular weight is 393 g/mol. The van der Waals surface area contributed by atoms with Crippen LogP contribution in [0.5, 0.6) is 0 Å². The quantitative estimate of drug-likeness (QED) is 0.498. The number of benzene rings is 2. The highest BCUT2D eigenvalue weighted by Gasteiger charge is 2.15. The van der Waals surface area contributed by atoms with E-state index in [0.29, 0.717) is 4.88 Å². The molecule has 0 bridgehead atoms. The minimum atomic E-state index is -0.891.